The Morgan fingerprint density at radius 1 is 0.974 bits per heavy atom. The minimum absolute atomic E-state index is 0.188. The smallest absolute Gasteiger partial charge is 0.338 e. The molecule has 0 aromatic heterocycles. The maximum atomic E-state index is 13.3. The maximum absolute atomic E-state index is 13.3. The molecule has 1 saturated carbocycles. The van der Waals surface area contributed by atoms with E-state index >= 15 is 0 Å². The average molecular weight is 610 g/mol. The van der Waals surface area contributed by atoms with Crippen LogP contribution in [0.15, 0.2) is 71.2 Å². The highest BCUT2D eigenvalue weighted by Crippen LogP contribution is 2.45. The molecule has 3 aromatic rings. The van der Waals surface area contributed by atoms with Crippen LogP contribution in [-0.4, -0.2) is 30.3 Å². The van der Waals surface area contributed by atoms with E-state index in [1.165, 1.54) is 22.6 Å². The predicted octanol–water partition coefficient (Wildman–Crippen LogP) is 6.28. The number of benzene rings is 3. The summed E-state index contributed by atoms with van der Waals surface area (Å²) in [7, 11) is 0. The molecule has 1 aliphatic heterocycles. The minimum atomic E-state index is -0.694. The first-order chi connectivity index (χ1) is 18.7. The zero-order chi connectivity index (χ0) is 27.7. The second kappa shape index (κ2) is 11.3. The van der Waals surface area contributed by atoms with Crippen LogP contribution in [0.2, 0.25) is 5.02 Å². The molecule has 0 spiro atoms. The van der Waals surface area contributed by atoms with Crippen molar-refractivity contribution in [2.24, 2.45) is 11.8 Å². The quantitative estimate of drug-likeness (QED) is 0.262. The number of amides is 3. The van der Waals surface area contributed by atoms with Gasteiger partial charge in [-0.05, 0) is 95.6 Å². The molecule has 9 heteroatoms. The zero-order valence-corrected chi connectivity index (χ0v) is 23.5. The van der Waals surface area contributed by atoms with Gasteiger partial charge in [0.05, 0.1) is 28.1 Å². The van der Waals surface area contributed by atoms with Crippen molar-refractivity contribution in [1.29, 1.82) is 0 Å². The monoisotopic (exact) mass is 608 g/mol. The van der Waals surface area contributed by atoms with Gasteiger partial charge >= 0.3 is 5.97 Å². The number of hydrogen-bond donors (Lipinski definition) is 1. The fourth-order valence-corrected chi connectivity index (χ4v) is 5.99. The lowest BCUT2D eigenvalue weighted by Gasteiger charge is -2.28. The van der Waals surface area contributed by atoms with Gasteiger partial charge in [-0.25, -0.2) is 4.79 Å². The van der Waals surface area contributed by atoms with Crippen LogP contribution in [0.4, 0.5) is 11.4 Å². The number of hydrogen-bond acceptors (Lipinski definition) is 5. The second-order valence-electron chi connectivity index (χ2n) is 9.85. The van der Waals surface area contributed by atoms with Crippen molar-refractivity contribution < 1.29 is 23.9 Å². The van der Waals surface area contributed by atoms with Crippen LogP contribution in [0.25, 0.3) is 0 Å². The summed E-state index contributed by atoms with van der Waals surface area (Å²) in [5.41, 5.74) is 3.02. The fourth-order valence-electron chi connectivity index (χ4n) is 5.40. The molecule has 7 nitrogen and oxygen atoms in total. The van der Waals surface area contributed by atoms with Crippen LogP contribution in [0.1, 0.15) is 46.7 Å². The van der Waals surface area contributed by atoms with Crippen molar-refractivity contribution in [2.45, 2.75) is 32.1 Å². The molecule has 39 heavy (non-hydrogen) atoms. The Morgan fingerprint density at radius 3 is 2.38 bits per heavy atom. The van der Waals surface area contributed by atoms with Gasteiger partial charge < -0.3 is 10.1 Å². The summed E-state index contributed by atoms with van der Waals surface area (Å²) in [5.74, 6) is -1.99. The maximum Gasteiger partial charge on any atom is 0.338 e. The van der Waals surface area contributed by atoms with Gasteiger partial charge in [0.2, 0.25) is 11.8 Å². The molecular formula is C30H26BrClN2O5. The summed E-state index contributed by atoms with van der Waals surface area (Å²) in [4.78, 5) is 52.5. The molecule has 2 aliphatic rings. The first-order valence-electron chi connectivity index (χ1n) is 12.7. The van der Waals surface area contributed by atoms with Crippen LogP contribution >= 0.6 is 27.5 Å². The summed E-state index contributed by atoms with van der Waals surface area (Å²) in [6, 6.07) is 19.6. The first-order valence-corrected chi connectivity index (χ1v) is 13.9. The summed E-state index contributed by atoms with van der Waals surface area (Å²) in [6.07, 6.45) is 2.18. The minimum Gasteiger partial charge on any atom is -0.452 e. The third kappa shape index (κ3) is 5.49. The molecule has 0 bridgehead atoms. The standard InChI is InChI=1S/C30H26BrClN2O5/c1-17-25(14-13-24(31)27(17)32)33-26(35)16-39-30(38)19-7-10-21(11-8-19)34-28(36)22-12-9-20(15-23(22)29(34)37)18-5-3-2-4-6-18/h2-8,10-11,13-14,20,22-23H,9,12,15-16H2,1H3,(H,33,35)/t20-,22+,23+/m0/s1. The average Bonchev–Trinajstić information content (AvgIpc) is 3.21. The van der Waals surface area contributed by atoms with Crippen molar-refractivity contribution in [3.63, 3.8) is 0 Å². The second-order valence-corrected chi connectivity index (χ2v) is 11.1. The van der Waals surface area contributed by atoms with Crippen LogP contribution in [0.5, 0.6) is 0 Å². The van der Waals surface area contributed by atoms with Crippen molar-refractivity contribution >= 4 is 62.6 Å². The summed E-state index contributed by atoms with van der Waals surface area (Å²) >= 11 is 9.52. The van der Waals surface area contributed by atoms with Gasteiger partial charge in [-0.1, -0.05) is 41.9 Å². The Kier molecular flexibility index (Phi) is 7.86. The molecule has 0 radical (unpaired) electrons. The van der Waals surface area contributed by atoms with Gasteiger partial charge in [-0.2, -0.15) is 0 Å². The van der Waals surface area contributed by atoms with E-state index in [2.05, 4.69) is 33.4 Å². The number of halogens is 2. The number of nitrogens with one attached hydrogen (secondary N) is 1. The summed E-state index contributed by atoms with van der Waals surface area (Å²) in [6.45, 7) is 1.28. The number of anilines is 2. The Labute approximate surface area is 239 Å². The number of fused-ring (bicyclic) bond motifs is 1. The van der Waals surface area contributed by atoms with E-state index in [0.717, 1.165) is 6.42 Å². The largest absolute Gasteiger partial charge is 0.452 e. The Morgan fingerprint density at radius 2 is 1.67 bits per heavy atom. The Balaban J connectivity index is 1.20. The molecule has 5 rings (SSSR count). The third-order valence-corrected chi connectivity index (χ3v) is 8.88. The van der Waals surface area contributed by atoms with E-state index in [9.17, 15) is 19.2 Å². The number of carbonyl (C=O) groups is 4. The highest BCUT2D eigenvalue weighted by Gasteiger charge is 2.50. The fraction of sp³-hybridized carbons (Fsp3) is 0.267. The molecule has 2 fully saturated rings. The number of imide groups is 1. The Bertz CT molecular complexity index is 1440. The molecule has 3 aromatic carbocycles. The predicted molar refractivity (Wildman–Crippen MR) is 152 cm³/mol. The van der Waals surface area contributed by atoms with E-state index in [-0.39, 0.29) is 35.1 Å². The molecular weight excluding hydrogens is 584 g/mol. The van der Waals surface area contributed by atoms with Crippen LogP contribution in [-0.2, 0) is 19.1 Å². The summed E-state index contributed by atoms with van der Waals surface area (Å²) < 4.78 is 5.86. The molecule has 1 heterocycles. The number of ether oxygens (including phenoxy) is 1. The third-order valence-electron chi connectivity index (χ3n) is 7.51. The van der Waals surface area contributed by atoms with E-state index in [1.54, 1.807) is 31.2 Å². The van der Waals surface area contributed by atoms with E-state index in [0.29, 0.717) is 39.3 Å². The molecule has 1 saturated heterocycles. The van der Waals surface area contributed by atoms with E-state index in [1.807, 2.05) is 18.2 Å². The van der Waals surface area contributed by atoms with Gasteiger partial charge in [0.1, 0.15) is 0 Å². The van der Waals surface area contributed by atoms with Crippen molar-refractivity contribution in [1.82, 2.24) is 0 Å². The Hall–Kier alpha value is -3.49. The van der Waals surface area contributed by atoms with Crippen LogP contribution in [0, 0.1) is 18.8 Å². The normalized spacial score (nSPS) is 20.5. The van der Waals surface area contributed by atoms with Gasteiger partial charge in [-0.15, -0.1) is 0 Å². The van der Waals surface area contributed by atoms with Crippen molar-refractivity contribution in [2.75, 3.05) is 16.8 Å². The number of carbonyl (C=O) groups excluding carboxylic acids is 4. The molecule has 200 valence electrons. The molecule has 1 aliphatic carbocycles. The lowest BCUT2D eigenvalue weighted by atomic mass is 9.73. The number of esters is 1. The van der Waals surface area contributed by atoms with Gasteiger partial charge in [0.25, 0.3) is 5.91 Å². The van der Waals surface area contributed by atoms with Gasteiger partial charge in [-0.3, -0.25) is 19.3 Å². The highest BCUT2D eigenvalue weighted by molar-refractivity contribution is 9.10. The molecule has 1 N–H and O–H groups in total. The molecule has 3 amide bonds. The SMILES string of the molecule is Cc1c(NC(=O)COC(=O)c2ccc(N3C(=O)[C@@H]4CC[C@H](c5ccccc5)C[C@H]4C3=O)cc2)ccc(Br)c1Cl. The van der Waals surface area contributed by atoms with Crippen molar-refractivity contribution in [3.8, 4) is 0 Å². The van der Waals surface area contributed by atoms with Gasteiger partial charge in [0, 0.05) is 10.2 Å². The van der Waals surface area contributed by atoms with E-state index in [4.69, 9.17) is 16.3 Å². The molecule has 3 atom stereocenters. The highest BCUT2D eigenvalue weighted by atomic mass is 79.9. The van der Waals surface area contributed by atoms with Crippen LogP contribution in [0.3, 0.4) is 0 Å². The van der Waals surface area contributed by atoms with Crippen LogP contribution < -0.4 is 10.2 Å². The first kappa shape index (κ1) is 27.1. The lowest BCUT2D eigenvalue weighted by Crippen LogP contribution is -2.30. The summed E-state index contributed by atoms with van der Waals surface area (Å²) in [5, 5.41) is 3.16. The van der Waals surface area contributed by atoms with Gasteiger partial charge in [0.15, 0.2) is 6.61 Å². The molecule has 0 unspecified atom stereocenters. The van der Waals surface area contributed by atoms with E-state index < -0.39 is 18.5 Å². The number of nitrogens with zero attached hydrogens (tertiary/aromatic N) is 1. The topological polar surface area (TPSA) is 92.8 Å². The van der Waals surface area contributed by atoms with Crippen molar-refractivity contribution in [3.05, 3.63) is 92.9 Å². The number of rotatable bonds is 6. The lowest BCUT2D eigenvalue weighted by molar-refractivity contribution is -0.122. The zero-order valence-electron chi connectivity index (χ0n) is 21.2.